The molecule has 1 saturated heterocycles. The van der Waals surface area contributed by atoms with Gasteiger partial charge in [-0.05, 0) is 50.5 Å². The molecule has 0 atom stereocenters. The van der Waals surface area contributed by atoms with Gasteiger partial charge in [-0.3, -0.25) is 4.79 Å². The molecule has 0 unspecified atom stereocenters. The third kappa shape index (κ3) is 5.09. The Bertz CT molecular complexity index is 839. The van der Waals surface area contributed by atoms with Crippen molar-refractivity contribution in [1.29, 1.82) is 0 Å². The van der Waals surface area contributed by atoms with Crippen molar-refractivity contribution >= 4 is 34.7 Å². The number of nitrogens with zero attached hydrogens (tertiary/aromatic N) is 2. The molecule has 0 bridgehead atoms. The van der Waals surface area contributed by atoms with E-state index in [4.69, 9.17) is 0 Å². The minimum Gasteiger partial charge on any atom is -0.370 e. The van der Waals surface area contributed by atoms with Crippen LogP contribution in [-0.4, -0.2) is 24.0 Å². The smallest absolute Gasteiger partial charge is 0.370 e. The molecule has 8 heteroatoms. The van der Waals surface area contributed by atoms with Crippen LogP contribution in [0.3, 0.4) is 0 Å². The summed E-state index contributed by atoms with van der Waals surface area (Å²) < 4.78 is 39.3. The van der Waals surface area contributed by atoms with Crippen LogP contribution >= 0.6 is 11.3 Å². The zero-order valence-electron chi connectivity index (χ0n) is 14.8. The molecule has 27 heavy (non-hydrogen) atoms. The van der Waals surface area contributed by atoms with E-state index >= 15 is 0 Å². The summed E-state index contributed by atoms with van der Waals surface area (Å²) in [5, 5.41) is 5.29. The lowest BCUT2D eigenvalue weighted by molar-refractivity contribution is -0.137. The Labute approximate surface area is 159 Å². The van der Waals surface area contributed by atoms with Gasteiger partial charge in [0.05, 0.1) is 27.6 Å². The molecule has 0 saturated carbocycles. The van der Waals surface area contributed by atoms with E-state index in [1.54, 1.807) is 6.08 Å². The molecule has 0 spiro atoms. The summed E-state index contributed by atoms with van der Waals surface area (Å²) in [6, 6.07) is 3.51. The monoisotopic (exact) mass is 395 g/mol. The van der Waals surface area contributed by atoms with Gasteiger partial charge in [0.1, 0.15) is 0 Å². The molecule has 0 aliphatic carbocycles. The van der Waals surface area contributed by atoms with E-state index in [0.29, 0.717) is 11.4 Å². The van der Waals surface area contributed by atoms with Crippen LogP contribution < -0.4 is 10.2 Å². The van der Waals surface area contributed by atoms with Gasteiger partial charge in [-0.25, -0.2) is 4.98 Å². The topological polar surface area (TPSA) is 45.2 Å². The number of piperidine rings is 1. The van der Waals surface area contributed by atoms with Gasteiger partial charge in [0, 0.05) is 24.5 Å². The first-order valence-electron chi connectivity index (χ1n) is 8.70. The van der Waals surface area contributed by atoms with Crippen molar-refractivity contribution in [3.63, 3.8) is 0 Å². The average Bonchev–Trinajstić information content (AvgIpc) is 3.05. The Morgan fingerprint density at radius 3 is 2.63 bits per heavy atom. The van der Waals surface area contributed by atoms with Crippen LogP contribution in [0, 0.1) is 6.92 Å². The van der Waals surface area contributed by atoms with Gasteiger partial charge < -0.3 is 10.2 Å². The van der Waals surface area contributed by atoms with Gasteiger partial charge in [0.15, 0.2) is 0 Å². The number of benzene rings is 1. The summed E-state index contributed by atoms with van der Waals surface area (Å²) in [4.78, 5) is 18.5. The Morgan fingerprint density at radius 2 is 2.00 bits per heavy atom. The summed E-state index contributed by atoms with van der Waals surface area (Å²) in [5.74, 6) is -0.488. The average molecular weight is 395 g/mol. The molecule has 1 amide bonds. The largest absolute Gasteiger partial charge is 0.416 e. The first-order valence-corrected chi connectivity index (χ1v) is 9.58. The van der Waals surface area contributed by atoms with Gasteiger partial charge in [-0.1, -0.05) is 0 Å². The first kappa shape index (κ1) is 19.4. The lowest BCUT2D eigenvalue weighted by atomic mass is 10.1. The number of hydrogen-bond donors (Lipinski definition) is 1. The van der Waals surface area contributed by atoms with E-state index in [-0.39, 0.29) is 5.69 Å². The number of aryl methyl sites for hydroxylation is 1. The third-order valence-electron chi connectivity index (χ3n) is 4.32. The lowest BCUT2D eigenvalue weighted by Gasteiger charge is -2.31. The highest BCUT2D eigenvalue weighted by Crippen LogP contribution is 2.36. The molecule has 1 aliphatic rings. The standard InChI is InChI=1S/C19H20F3N3OS/c1-13-23-15(12-27-13)6-8-18(26)24-16-11-14(19(20,21)22)5-7-17(16)25-9-3-2-4-10-25/h5-8,11-12H,2-4,9-10H2,1H3,(H,24,26)/b8-6-. The van der Waals surface area contributed by atoms with Gasteiger partial charge in [0.25, 0.3) is 0 Å². The fourth-order valence-corrected chi connectivity index (χ4v) is 3.60. The van der Waals surface area contributed by atoms with E-state index in [0.717, 1.165) is 49.5 Å². The van der Waals surface area contributed by atoms with E-state index < -0.39 is 17.6 Å². The maximum Gasteiger partial charge on any atom is 0.416 e. The molecule has 1 aromatic heterocycles. The molecular weight excluding hydrogens is 375 g/mol. The maximum atomic E-state index is 13.1. The predicted molar refractivity (Wildman–Crippen MR) is 102 cm³/mol. The molecule has 2 heterocycles. The highest BCUT2D eigenvalue weighted by atomic mass is 32.1. The van der Waals surface area contributed by atoms with Crippen LogP contribution in [0.15, 0.2) is 29.7 Å². The van der Waals surface area contributed by atoms with Gasteiger partial charge in [0.2, 0.25) is 5.91 Å². The maximum absolute atomic E-state index is 13.1. The number of rotatable bonds is 4. The van der Waals surface area contributed by atoms with Crippen molar-refractivity contribution in [3.05, 3.63) is 45.9 Å². The molecule has 3 rings (SSSR count). The molecule has 144 valence electrons. The third-order valence-corrected chi connectivity index (χ3v) is 5.11. The molecule has 4 nitrogen and oxygen atoms in total. The van der Waals surface area contributed by atoms with Crippen molar-refractivity contribution in [2.45, 2.75) is 32.4 Å². The SMILES string of the molecule is Cc1nc(/C=C\C(=O)Nc2cc(C(F)(F)F)ccc2N2CCCCC2)cs1. The summed E-state index contributed by atoms with van der Waals surface area (Å²) in [6.45, 7) is 3.39. The van der Waals surface area contributed by atoms with E-state index in [9.17, 15) is 18.0 Å². The predicted octanol–water partition coefficient (Wildman–Crippen LogP) is 5.11. The van der Waals surface area contributed by atoms with Crippen molar-refractivity contribution in [2.75, 3.05) is 23.3 Å². The first-order chi connectivity index (χ1) is 12.8. The van der Waals surface area contributed by atoms with Crippen LogP contribution in [-0.2, 0) is 11.0 Å². The quantitative estimate of drug-likeness (QED) is 0.732. The molecule has 1 fully saturated rings. The second kappa shape index (κ2) is 8.12. The van der Waals surface area contributed by atoms with E-state index in [1.165, 1.54) is 23.5 Å². The highest BCUT2D eigenvalue weighted by Gasteiger charge is 2.31. The van der Waals surface area contributed by atoms with Crippen molar-refractivity contribution in [3.8, 4) is 0 Å². The van der Waals surface area contributed by atoms with Crippen LogP contribution in [0.2, 0.25) is 0 Å². The van der Waals surface area contributed by atoms with Gasteiger partial charge >= 0.3 is 6.18 Å². The second-order valence-corrected chi connectivity index (χ2v) is 7.45. The number of aromatic nitrogens is 1. The van der Waals surface area contributed by atoms with Crippen molar-refractivity contribution in [1.82, 2.24) is 4.98 Å². The number of alkyl halides is 3. The van der Waals surface area contributed by atoms with Crippen molar-refractivity contribution in [2.24, 2.45) is 0 Å². The minimum absolute atomic E-state index is 0.177. The molecule has 1 aromatic carbocycles. The Kier molecular flexibility index (Phi) is 5.84. The number of carbonyl (C=O) groups excluding carboxylic acids is 1. The number of hydrogen-bond acceptors (Lipinski definition) is 4. The van der Waals surface area contributed by atoms with Crippen molar-refractivity contribution < 1.29 is 18.0 Å². The zero-order chi connectivity index (χ0) is 19.4. The highest BCUT2D eigenvalue weighted by molar-refractivity contribution is 7.09. The normalized spacial score (nSPS) is 15.3. The summed E-state index contributed by atoms with van der Waals surface area (Å²) in [6.07, 6.45) is 1.44. The Morgan fingerprint density at radius 1 is 1.26 bits per heavy atom. The molecular formula is C19H20F3N3OS. The number of anilines is 2. The van der Waals surface area contributed by atoms with Gasteiger partial charge in [-0.2, -0.15) is 13.2 Å². The van der Waals surface area contributed by atoms with E-state index in [1.807, 2.05) is 17.2 Å². The fourth-order valence-electron chi connectivity index (χ4n) is 3.02. The van der Waals surface area contributed by atoms with E-state index in [2.05, 4.69) is 10.3 Å². The number of halogens is 3. The molecule has 0 radical (unpaired) electrons. The zero-order valence-corrected chi connectivity index (χ0v) is 15.7. The molecule has 2 aromatic rings. The number of amides is 1. The number of nitrogens with one attached hydrogen (secondary N) is 1. The fraction of sp³-hybridized carbons (Fsp3) is 0.368. The minimum atomic E-state index is -4.46. The van der Waals surface area contributed by atoms with Gasteiger partial charge in [-0.15, -0.1) is 11.3 Å². The lowest BCUT2D eigenvalue weighted by Crippen LogP contribution is -2.30. The van der Waals surface area contributed by atoms with Crippen LogP contribution in [0.25, 0.3) is 6.08 Å². The molecule has 1 aliphatic heterocycles. The van der Waals surface area contributed by atoms with Crippen LogP contribution in [0.5, 0.6) is 0 Å². The Hall–Kier alpha value is -2.35. The summed E-state index contributed by atoms with van der Waals surface area (Å²) >= 11 is 1.46. The van der Waals surface area contributed by atoms with Crippen LogP contribution in [0.1, 0.15) is 35.5 Å². The number of carbonyl (C=O) groups is 1. The van der Waals surface area contributed by atoms with Crippen LogP contribution in [0.4, 0.5) is 24.5 Å². The Balaban J connectivity index is 1.83. The number of thiazole rings is 1. The summed E-state index contributed by atoms with van der Waals surface area (Å²) in [5.41, 5.74) is 0.662. The molecule has 1 N–H and O–H groups in total. The second-order valence-electron chi connectivity index (χ2n) is 6.39. The summed E-state index contributed by atoms with van der Waals surface area (Å²) in [7, 11) is 0.